The summed E-state index contributed by atoms with van der Waals surface area (Å²) in [6.45, 7) is 0.0437. The number of benzene rings is 3. The Balaban J connectivity index is 1.66. The molecule has 0 aliphatic carbocycles. The number of aliphatic hydroxyl groups excluding tert-OH is 1. The SMILES string of the molecule is CN(C(=O)[C@H](Cc1ccccc1)c1ccc2c(c1)OCO2)[C@@H](CO)c1ccccc1. The van der Waals surface area contributed by atoms with E-state index in [0.29, 0.717) is 17.9 Å². The molecular weight excluding hydrogens is 378 g/mol. The Bertz CT molecular complexity index is 991. The zero-order chi connectivity index (χ0) is 20.9. The first-order valence-electron chi connectivity index (χ1n) is 10.0. The maximum absolute atomic E-state index is 13.7. The van der Waals surface area contributed by atoms with Gasteiger partial charge in [0.05, 0.1) is 18.6 Å². The van der Waals surface area contributed by atoms with Crippen molar-refractivity contribution in [3.05, 3.63) is 95.6 Å². The van der Waals surface area contributed by atoms with Crippen LogP contribution in [0.25, 0.3) is 0 Å². The van der Waals surface area contributed by atoms with Crippen LogP contribution in [0.15, 0.2) is 78.9 Å². The van der Waals surface area contributed by atoms with E-state index in [9.17, 15) is 9.90 Å². The monoisotopic (exact) mass is 403 g/mol. The van der Waals surface area contributed by atoms with Gasteiger partial charge in [0.15, 0.2) is 11.5 Å². The van der Waals surface area contributed by atoms with Gasteiger partial charge < -0.3 is 19.5 Å². The van der Waals surface area contributed by atoms with E-state index in [-0.39, 0.29) is 19.3 Å². The summed E-state index contributed by atoms with van der Waals surface area (Å²) < 4.78 is 11.0. The van der Waals surface area contributed by atoms with Crippen molar-refractivity contribution < 1.29 is 19.4 Å². The summed E-state index contributed by atoms with van der Waals surface area (Å²) in [6, 6.07) is 24.8. The first-order chi connectivity index (χ1) is 14.7. The van der Waals surface area contributed by atoms with Gasteiger partial charge >= 0.3 is 0 Å². The van der Waals surface area contributed by atoms with E-state index in [1.165, 1.54) is 0 Å². The predicted octanol–water partition coefficient (Wildman–Crippen LogP) is 3.93. The molecule has 0 radical (unpaired) electrons. The molecule has 1 heterocycles. The van der Waals surface area contributed by atoms with Crippen LogP contribution in [0.3, 0.4) is 0 Å². The molecule has 0 fully saturated rings. The zero-order valence-corrected chi connectivity index (χ0v) is 16.9. The van der Waals surface area contributed by atoms with Crippen molar-refractivity contribution in [2.24, 2.45) is 0 Å². The van der Waals surface area contributed by atoms with E-state index in [1.807, 2.05) is 78.9 Å². The number of hydrogen-bond donors (Lipinski definition) is 1. The van der Waals surface area contributed by atoms with E-state index in [2.05, 4.69) is 0 Å². The minimum absolute atomic E-state index is 0.0550. The summed E-state index contributed by atoms with van der Waals surface area (Å²) in [5, 5.41) is 10.0. The standard InChI is InChI=1S/C25H25NO4/c1-26(22(16-27)19-10-6-3-7-11-19)25(28)21(14-18-8-4-2-5-9-18)20-12-13-23-24(15-20)30-17-29-23/h2-13,15,21-22,27H,14,16-17H2,1H3/t21-,22+/m1/s1. The fourth-order valence-corrected chi connectivity index (χ4v) is 3.85. The number of aliphatic hydroxyl groups is 1. The number of hydrogen-bond acceptors (Lipinski definition) is 4. The highest BCUT2D eigenvalue weighted by Gasteiger charge is 2.30. The van der Waals surface area contributed by atoms with Crippen molar-refractivity contribution >= 4 is 5.91 Å². The van der Waals surface area contributed by atoms with Gasteiger partial charge in [0.1, 0.15) is 0 Å². The van der Waals surface area contributed by atoms with Crippen LogP contribution in [0.2, 0.25) is 0 Å². The number of carbonyl (C=O) groups excluding carboxylic acids is 1. The van der Waals surface area contributed by atoms with Gasteiger partial charge in [-0.05, 0) is 35.2 Å². The van der Waals surface area contributed by atoms with Gasteiger partial charge in [-0.1, -0.05) is 66.7 Å². The second-order valence-corrected chi connectivity index (χ2v) is 7.41. The van der Waals surface area contributed by atoms with Crippen molar-refractivity contribution in [1.82, 2.24) is 4.90 Å². The van der Waals surface area contributed by atoms with Gasteiger partial charge in [-0.3, -0.25) is 4.79 Å². The molecule has 1 aliphatic heterocycles. The normalized spacial score (nSPS) is 14.2. The van der Waals surface area contributed by atoms with Crippen LogP contribution in [-0.4, -0.2) is 36.4 Å². The minimum Gasteiger partial charge on any atom is -0.454 e. The lowest BCUT2D eigenvalue weighted by atomic mass is 9.89. The third kappa shape index (κ3) is 4.16. The number of rotatable bonds is 7. The van der Waals surface area contributed by atoms with Crippen LogP contribution in [0.4, 0.5) is 0 Å². The maximum atomic E-state index is 13.7. The van der Waals surface area contributed by atoms with Crippen molar-refractivity contribution in [2.45, 2.75) is 18.4 Å². The molecule has 0 spiro atoms. The number of fused-ring (bicyclic) bond motifs is 1. The van der Waals surface area contributed by atoms with Gasteiger partial charge in [0.25, 0.3) is 0 Å². The summed E-state index contributed by atoms with van der Waals surface area (Å²) in [6.07, 6.45) is 0.552. The number of carbonyl (C=O) groups is 1. The number of likely N-dealkylation sites (N-methyl/N-ethyl adjacent to an activating group) is 1. The Morgan fingerprint density at radius 1 is 0.933 bits per heavy atom. The molecule has 5 heteroatoms. The lowest BCUT2D eigenvalue weighted by molar-refractivity contribution is -0.134. The summed E-state index contributed by atoms with van der Waals surface area (Å²) in [5.41, 5.74) is 2.84. The fraction of sp³-hybridized carbons (Fsp3) is 0.240. The molecule has 0 saturated carbocycles. The van der Waals surface area contributed by atoms with Crippen LogP contribution in [0, 0.1) is 0 Å². The van der Waals surface area contributed by atoms with Gasteiger partial charge in [-0.25, -0.2) is 0 Å². The first kappa shape index (κ1) is 20.0. The molecule has 5 nitrogen and oxygen atoms in total. The summed E-state index contributed by atoms with van der Waals surface area (Å²) >= 11 is 0. The number of nitrogens with zero attached hydrogens (tertiary/aromatic N) is 1. The van der Waals surface area contributed by atoms with Crippen LogP contribution in [0.1, 0.15) is 28.7 Å². The molecule has 0 saturated heterocycles. The highest BCUT2D eigenvalue weighted by molar-refractivity contribution is 5.84. The van der Waals surface area contributed by atoms with Crippen molar-refractivity contribution in [2.75, 3.05) is 20.4 Å². The number of amides is 1. The molecule has 3 aromatic carbocycles. The average Bonchev–Trinajstić information content (AvgIpc) is 3.27. The Kier molecular flexibility index (Phi) is 6.00. The molecule has 4 rings (SSSR count). The Morgan fingerprint density at radius 2 is 1.60 bits per heavy atom. The lowest BCUT2D eigenvalue weighted by Gasteiger charge is -2.31. The molecule has 1 N–H and O–H groups in total. The van der Waals surface area contributed by atoms with Crippen LogP contribution in [-0.2, 0) is 11.2 Å². The zero-order valence-electron chi connectivity index (χ0n) is 16.9. The molecule has 0 bridgehead atoms. The smallest absolute Gasteiger partial charge is 0.231 e. The van der Waals surface area contributed by atoms with Gasteiger partial charge in [-0.2, -0.15) is 0 Å². The maximum Gasteiger partial charge on any atom is 0.231 e. The highest BCUT2D eigenvalue weighted by Crippen LogP contribution is 2.36. The lowest BCUT2D eigenvalue weighted by Crippen LogP contribution is -2.37. The summed E-state index contributed by atoms with van der Waals surface area (Å²) in [7, 11) is 1.75. The third-order valence-corrected chi connectivity index (χ3v) is 5.55. The van der Waals surface area contributed by atoms with E-state index >= 15 is 0 Å². The van der Waals surface area contributed by atoms with Crippen molar-refractivity contribution in [1.29, 1.82) is 0 Å². The van der Waals surface area contributed by atoms with Gasteiger partial charge in [0.2, 0.25) is 12.7 Å². The first-order valence-corrected chi connectivity index (χ1v) is 10.0. The Morgan fingerprint density at radius 3 is 2.30 bits per heavy atom. The van der Waals surface area contributed by atoms with Gasteiger partial charge in [-0.15, -0.1) is 0 Å². The van der Waals surface area contributed by atoms with Crippen LogP contribution >= 0.6 is 0 Å². The van der Waals surface area contributed by atoms with Crippen molar-refractivity contribution in [3.63, 3.8) is 0 Å². The summed E-state index contributed by atoms with van der Waals surface area (Å²) in [5.74, 6) is 0.878. The second kappa shape index (κ2) is 9.01. The Labute approximate surface area is 176 Å². The predicted molar refractivity (Wildman–Crippen MR) is 114 cm³/mol. The number of ether oxygens (including phenoxy) is 2. The second-order valence-electron chi connectivity index (χ2n) is 7.41. The molecular formula is C25H25NO4. The van der Waals surface area contributed by atoms with Crippen molar-refractivity contribution in [3.8, 4) is 11.5 Å². The fourth-order valence-electron chi connectivity index (χ4n) is 3.85. The topological polar surface area (TPSA) is 59.0 Å². The molecule has 1 aliphatic rings. The molecule has 1 amide bonds. The largest absolute Gasteiger partial charge is 0.454 e. The van der Waals surface area contributed by atoms with Crippen LogP contribution in [0.5, 0.6) is 11.5 Å². The molecule has 3 aromatic rings. The average molecular weight is 403 g/mol. The Hall–Kier alpha value is -3.31. The van der Waals surface area contributed by atoms with E-state index in [0.717, 1.165) is 16.7 Å². The molecule has 30 heavy (non-hydrogen) atoms. The summed E-state index contributed by atoms with van der Waals surface area (Å²) in [4.78, 5) is 15.3. The quantitative estimate of drug-likeness (QED) is 0.649. The molecule has 0 unspecified atom stereocenters. The van der Waals surface area contributed by atoms with Gasteiger partial charge in [0, 0.05) is 7.05 Å². The molecule has 0 aromatic heterocycles. The molecule has 154 valence electrons. The van der Waals surface area contributed by atoms with E-state index in [1.54, 1.807) is 11.9 Å². The van der Waals surface area contributed by atoms with E-state index in [4.69, 9.17) is 9.47 Å². The highest BCUT2D eigenvalue weighted by atomic mass is 16.7. The third-order valence-electron chi connectivity index (χ3n) is 5.55. The van der Waals surface area contributed by atoms with E-state index < -0.39 is 12.0 Å². The van der Waals surface area contributed by atoms with Crippen LogP contribution < -0.4 is 9.47 Å². The molecule has 2 atom stereocenters. The minimum atomic E-state index is -0.412.